The third-order valence-corrected chi connectivity index (χ3v) is 8.57. The Hall–Kier alpha value is -2.39. The predicted octanol–water partition coefficient (Wildman–Crippen LogP) is 4.77. The Morgan fingerprint density at radius 3 is 2.64 bits per heavy atom. The van der Waals surface area contributed by atoms with E-state index in [1.54, 1.807) is 11.1 Å². The van der Waals surface area contributed by atoms with Gasteiger partial charge < -0.3 is 19.5 Å². The van der Waals surface area contributed by atoms with Gasteiger partial charge in [-0.15, -0.1) is 0 Å². The number of aryl methyl sites for hydroxylation is 1. The highest BCUT2D eigenvalue weighted by molar-refractivity contribution is 7.90. The number of sulfone groups is 1. The van der Waals surface area contributed by atoms with E-state index in [1.165, 1.54) is 0 Å². The van der Waals surface area contributed by atoms with Crippen LogP contribution in [0, 0.1) is 6.92 Å². The number of hydrogen-bond acceptors (Lipinski definition) is 5. The van der Waals surface area contributed by atoms with Crippen molar-refractivity contribution in [2.75, 3.05) is 13.2 Å². The van der Waals surface area contributed by atoms with Gasteiger partial charge >= 0.3 is 6.03 Å². The zero-order valence-corrected chi connectivity index (χ0v) is 22.6. The number of hydrogen-bond donors (Lipinski definition) is 1. The van der Waals surface area contributed by atoms with E-state index in [2.05, 4.69) is 10.3 Å². The molecule has 1 atom stereocenters. The monoisotopic (exact) mass is 516 g/mol. The van der Waals surface area contributed by atoms with Gasteiger partial charge in [-0.1, -0.05) is 49.1 Å². The van der Waals surface area contributed by atoms with Crippen molar-refractivity contribution in [1.82, 2.24) is 19.8 Å². The van der Waals surface area contributed by atoms with Crippen molar-refractivity contribution in [3.63, 3.8) is 0 Å². The van der Waals surface area contributed by atoms with Gasteiger partial charge in [0.2, 0.25) is 15.0 Å². The summed E-state index contributed by atoms with van der Waals surface area (Å²) in [6.45, 7) is 7.31. The van der Waals surface area contributed by atoms with E-state index in [1.807, 2.05) is 49.6 Å². The van der Waals surface area contributed by atoms with E-state index < -0.39 is 9.84 Å². The molecule has 0 bridgehead atoms. The Kier molecular flexibility index (Phi) is 8.72. The van der Waals surface area contributed by atoms with Gasteiger partial charge in [-0.3, -0.25) is 0 Å². The zero-order valence-electron chi connectivity index (χ0n) is 21.8. The van der Waals surface area contributed by atoms with Crippen LogP contribution in [0.15, 0.2) is 35.6 Å². The van der Waals surface area contributed by atoms with E-state index in [0.717, 1.165) is 61.8 Å². The van der Waals surface area contributed by atoms with Crippen LogP contribution in [0.2, 0.25) is 0 Å². The number of ether oxygens (including phenoxy) is 1. The van der Waals surface area contributed by atoms with E-state index in [9.17, 15) is 13.2 Å². The fourth-order valence-corrected chi connectivity index (χ4v) is 6.85. The van der Waals surface area contributed by atoms with E-state index in [0.29, 0.717) is 19.7 Å². The van der Waals surface area contributed by atoms with Crippen molar-refractivity contribution in [3.8, 4) is 0 Å². The highest BCUT2D eigenvalue weighted by Crippen LogP contribution is 2.33. The first-order valence-corrected chi connectivity index (χ1v) is 14.9. The van der Waals surface area contributed by atoms with Crippen LogP contribution < -0.4 is 5.32 Å². The lowest BCUT2D eigenvalue weighted by Crippen LogP contribution is -2.46. The van der Waals surface area contributed by atoms with Crippen LogP contribution in [0.3, 0.4) is 0 Å². The van der Waals surface area contributed by atoms with Crippen LogP contribution in [-0.4, -0.2) is 54.2 Å². The number of benzene rings is 1. The average molecular weight is 517 g/mol. The number of imidazole rings is 1. The molecule has 1 saturated heterocycles. The molecule has 8 nitrogen and oxygen atoms in total. The average Bonchev–Trinajstić information content (AvgIpc) is 3.49. The number of nitrogens with one attached hydrogen (secondary N) is 1. The lowest BCUT2D eigenvalue weighted by atomic mass is 9.95. The summed E-state index contributed by atoms with van der Waals surface area (Å²) >= 11 is 0. The molecule has 1 aliphatic carbocycles. The first-order chi connectivity index (χ1) is 17.2. The maximum atomic E-state index is 13.6. The van der Waals surface area contributed by atoms with E-state index in [-0.39, 0.29) is 35.1 Å². The molecule has 1 unspecified atom stereocenters. The second-order valence-corrected chi connectivity index (χ2v) is 12.4. The predicted molar refractivity (Wildman–Crippen MR) is 139 cm³/mol. The maximum absolute atomic E-state index is 13.6. The van der Waals surface area contributed by atoms with Crippen molar-refractivity contribution in [2.45, 2.75) is 101 Å². The summed E-state index contributed by atoms with van der Waals surface area (Å²) in [5.41, 5.74) is 2.55. The molecule has 2 fully saturated rings. The molecule has 2 amide bonds. The van der Waals surface area contributed by atoms with Crippen molar-refractivity contribution >= 4 is 15.9 Å². The molecule has 0 radical (unpaired) electrons. The molecule has 1 aromatic carbocycles. The van der Waals surface area contributed by atoms with Gasteiger partial charge in [0, 0.05) is 25.2 Å². The standard InChI is InChI=1S/C27H40N4O4S/c1-20(2)29-26(32)30(18-25-13-8-14-35-25)17-24-16-28-27(31(24)23-11-5-4-6-12-23)36(33,34)19-22-10-7-9-21(3)15-22/h7,9-10,15-16,20,23,25H,4-6,8,11-14,17-19H2,1-3H3,(H,29,32). The minimum atomic E-state index is -3.68. The summed E-state index contributed by atoms with van der Waals surface area (Å²) in [4.78, 5) is 19.3. The van der Waals surface area contributed by atoms with Gasteiger partial charge in [-0.05, 0) is 52.0 Å². The number of carbonyl (C=O) groups excluding carboxylic acids is 1. The molecule has 4 rings (SSSR count). The first-order valence-electron chi connectivity index (χ1n) is 13.2. The highest BCUT2D eigenvalue weighted by atomic mass is 32.2. The van der Waals surface area contributed by atoms with Crippen molar-refractivity contribution in [3.05, 3.63) is 47.3 Å². The summed E-state index contributed by atoms with van der Waals surface area (Å²) in [7, 11) is -3.68. The molecule has 2 aliphatic rings. The minimum absolute atomic E-state index is 0.00140. The lowest BCUT2D eigenvalue weighted by molar-refractivity contribution is 0.0782. The Bertz CT molecular complexity index is 1130. The molecule has 0 spiro atoms. The fourth-order valence-electron chi connectivity index (χ4n) is 5.33. The van der Waals surface area contributed by atoms with Gasteiger partial charge in [0.05, 0.1) is 30.3 Å². The molecular weight excluding hydrogens is 476 g/mol. The van der Waals surface area contributed by atoms with Gasteiger partial charge in [-0.2, -0.15) is 0 Å². The quantitative estimate of drug-likeness (QED) is 0.518. The summed E-state index contributed by atoms with van der Waals surface area (Å²) in [5.74, 6) is -0.0919. The fraction of sp³-hybridized carbons (Fsp3) is 0.630. The molecule has 9 heteroatoms. The SMILES string of the molecule is Cc1cccc(CS(=O)(=O)c2ncc(CN(CC3CCCO3)C(=O)NC(C)C)n2C2CCCCC2)c1. The number of nitrogens with zero attached hydrogens (tertiary/aromatic N) is 3. The van der Waals surface area contributed by atoms with Crippen LogP contribution in [0.25, 0.3) is 0 Å². The Morgan fingerprint density at radius 1 is 1.19 bits per heavy atom. The molecule has 2 heterocycles. The second kappa shape index (κ2) is 11.8. The molecule has 1 saturated carbocycles. The van der Waals surface area contributed by atoms with Crippen molar-refractivity contribution < 1.29 is 17.9 Å². The minimum Gasteiger partial charge on any atom is -0.376 e. The number of rotatable bonds is 9. The lowest BCUT2D eigenvalue weighted by Gasteiger charge is -2.30. The van der Waals surface area contributed by atoms with Crippen LogP contribution in [-0.2, 0) is 26.9 Å². The number of aromatic nitrogens is 2. The number of urea groups is 1. The van der Waals surface area contributed by atoms with Gasteiger partial charge in [-0.25, -0.2) is 18.2 Å². The Morgan fingerprint density at radius 2 is 1.97 bits per heavy atom. The topological polar surface area (TPSA) is 93.5 Å². The molecular formula is C27H40N4O4S. The molecule has 198 valence electrons. The normalized spacial score (nSPS) is 19.1. The van der Waals surface area contributed by atoms with Crippen molar-refractivity contribution in [2.24, 2.45) is 0 Å². The van der Waals surface area contributed by atoms with Crippen LogP contribution in [0.5, 0.6) is 0 Å². The van der Waals surface area contributed by atoms with Gasteiger partial charge in [0.1, 0.15) is 0 Å². The first kappa shape index (κ1) is 26.7. The molecule has 1 aromatic heterocycles. The molecule has 36 heavy (non-hydrogen) atoms. The maximum Gasteiger partial charge on any atom is 0.318 e. The number of carbonyl (C=O) groups is 1. The third kappa shape index (κ3) is 6.68. The molecule has 2 aromatic rings. The van der Waals surface area contributed by atoms with Crippen LogP contribution in [0.4, 0.5) is 4.79 Å². The Balaban J connectivity index is 1.66. The molecule has 1 aliphatic heterocycles. The van der Waals surface area contributed by atoms with E-state index in [4.69, 9.17) is 4.74 Å². The zero-order chi connectivity index (χ0) is 25.7. The smallest absolute Gasteiger partial charge is 0.318 e. The summed E-state index contributed by atoms with van der Waals surface area (Å²) < 4.78 is 35.0. The summed E-state index contributed by atoms with van der Waals surface area (Å²) in [6.07, 6.45) is 8.69. The Labute approximate surface area is 215 Å². The third-order valence-electron chi connectivity index (χ3n) is 7.00. The van der Waals surface area contributed by atoms with Crippen LogP contribution in [0.1, 0.15) is 81.7 Å². The molecule has 1 N–H and O–H groups in total. The van der Waals surface area contributed by atoms with E-state index >= 15 is 0 Å². The second-order valence-electron chi connectivity index (χ2n) is 10.6. The van der Waals surface area contributed by atoms with Gasteiger partial charge in [0.15, 0.2) is 0 Å². The van der Waals surface area contributed by atoms with Crippen LogP contribution >= 0.6 is 0 Å². The van der Waals surface area contributed by atoms with Gasteiger partial charge in [0.25, 0.3) is 0 Å². The van der Waals surface area contributed by atoms with Crippen molar-refractivity contribution in [1.29, 1.82) is 0 Å². The largest absolute Gasteiger partial charge is 0.376 e. The number of amides is 2. The highest BCUT2D eigenvalue weighted by Gasteiger charge is 2.31. The summed E-state index contributed by atoms with van der Waals surface area (Å²) in [6, 6.07) is 7.50. The summed E-state index contributed by atoms with van der Waals surface area (Å²) in [5, 5.41) is 3.11.